The molecule has 2 aromatic carbocycles. The SMILES string of the molecule is Cc1c(Cl)cccc1NC(=O)CCCc1ccc(Cl)cc1. The number of anilines is 1. The summed E-state index contributed by atoms with van der Waals surface area (Å²) in [6.07, 6.45) is 2.14. The lowest BCUT2D eigenvalue weighted by Gasteiger charge is -2.09. The highest BCUT2D eigenvalue weighted by Crippen LogP contribution is 2.23. The van der Waals surface area contributed by atoms with Crippen molar-refractivity contribution in [3.05, 3.63) is 63.6 Å². The van der Waals surface area contributed by atoms with Gasteiger partial charge in [0.15, 0.2) is 0 Å². The average molecular weight is 322 g/mol. The van der Waals surface area contributed by atoms with E-state index in [1.54, 1.807) is 0 Å². The minimum Gasteiger partial charge on any atom is -0.326 e. The molecular formula is C17H17Cl2NO. The lowest BCUT2D eigenvalue weighted by molar-refractivity contribution is -0.116. The van der Waals surface area contributed by atoms with Gasteiger partial charge < -0.3 is 5.32 Å². The van der Waals surface area contributed by atoms with Crippen LogP contribution in [0.4, 0.5) is 5.69 Å². The summed E-state index contributed by atoms with van der Waals surface area (Å²) in [5.41, 5.74) is 2.86. The summed E-state index contributed by atoms with van der Waals surface area (Å²) in [5, 5.41) is 4.29. The number of benzene rings is 2. The number of hydrogen-bond donors (Lipinski definition) is 1. The quantitative estimate of drug-likeness (QED) is 0.799. The van der Waals surface area contributed by atoms with Crippen LogP contribution in [0, 0.1) is 6.92 Å². The molecule has 4 heteroatoms. The molecule has 0 heterocycles. The molecule has 2 aromatic rings. The molecule has 0 fully saturated rings. The Balaban J connectivity index is 1.82. The molecule has 2 rings (SSSR count). The molecule has 110 valence electrons. The van der Waals surface area contributed by atoms with E-state index in [-0.39, 0.29) is 5.91 Å². The third-order valence-corrected chi connectivity index (χ3v) is 3.99. The number of nitrogens with one attached hydrogen (secondary N) is 1. The summed E-state index contributed by atoms with van der Waals surface area (Å²) in [5.74, 6) is 0.00864. The molecule has 0 aliphatic heterocycles. The smallest absolute Gasteiger partial charge is 0.224 e. The third-order valence-electron chi connectivity index (χ3n) is 3.32. The Morgan fingerprint density at radius 2 is 1.81 bits per heavy atom. The Labute approximate surface area is 135 Å². The molecule has 0 unspecified atom stereocenters. The maximum Gasteiger partial charge on any atom is 0.224 e. The largest absolute Gasteiger partial charge is 0.326 e. The maximum absolute atomic E-state index is 11.9. The Kier molecular flexibility index (Phi) is 5.66. The molecule has 0 aliphatic carbocycles. The summed E-state index contributed by atoms with van der Waals surface area (Å²) in [6, 6.07) is 13.2. The Bertz CT molecular complexity index is 623. The highest BCUT2D eigenvalue weighted by molar-refractivity contribution is 6.31. The molecule has 0 aromatic heterocycles. The van der Waals surface area contributed by atoms with Crippen LogP contribution in [0.2, 0.25) is 10.0 Å². The van der Waals surface area contributed by atoms with Crippen LogP contribution in [0.25, 0.3) is 0 Å². The zero-order valence-electron chi connectivity index (χ0n) is 11.8. The van der Waals surface area contributed by atoms with Gasteiger partial charge in [0.1, 0.15) is 0 Å². The molecule has 0 saturated heterocycles. The molecule has 0 atom stereocenters. The van der Waals surface area contributed by atoms with Gasteiger partial charge in [0, 0.05) is 22.2 Å². The van der Waals surface area contributed by atoms with Gasteiger partial charge in [0.05, 0.1) is 0 Å². The number of aryl methyl sites for hydroxylation is 1. The molecule has 2 nitrogen and oxygen atoms in total. The molecule has 0 saturated carbocycles. The molecule has 0 bridgehead atoms. The summed E-state index contributed by atoms with van der Waals surface area (Å²) in [4.78, 5) is 11.9. The number of halogens is 2. The van der Waals surface area contributed by atoms with Crippen LogP contribution in [0.1, 0.15) is 24.0 Å². The maximum atomic E-state index is 11.9. The monoisotopic (exact) mass is 321 g/mol. The first-order valence-corrected chi connectivity index (χ1v) is 7.61. The molecule has 0 spiro atoms. The van der Waals surface area contributed by atoms with Crippen molar-refractivity contribution in [3.8, 4) is 0 Å². The molecular weight excluding hydrogens is 305 g/mol. The standard InChI is InChI=1S/C17H17Cl2NO/c1-12-15(19)5-3-6-16(12)20-17(21)7-2-4-13-8-10-14(18)11-9-13/h3,5-6,8-11H,2,4,7H2,1H3,(H,20,21). The molecule has 1 amide bonds. The van der Waals surface area contributed by atoms with Gasteiger partial charge in [-0.2, -0.15) is 0 Å². The summed E-state index contributed by atoms with van der Waals surface area (Å²) in [7, 11) is 0. The van der Waals surface area contributed by atoms with Crippen LogP contribution >= 0.6 is 23.2 Å². The average Bonchev–Trinajstić information content (AvgIpc) is 2.46. The van der Waals surface area contributed by atoms with Crippen molar-refractivity contribution in [2.45, 2.75) is 26.2 Å². The number of rotatable bonds is 5. The van der Waals surface area contributed by atoms with Crippen molar-refractivity contribution in [1.82, 2.24) is 0 Å². The van der Waals surface area contributed by atoms with Gasteiger partial charge in [-0.1, -0.05) is 41.4 Å². The van der Waals surface area contributed by atoms with Crippen LogP contribution < -0.4 is 5.32 Å². The van der Waals surface area contributed by atoms with Crippen molar-refractivity contribution in [2.75, 3.05) is 5.32 Å². The zero-order chi connectivity index (χ0) is 15.2. The van der Waals surface area contributed by atoms with E-state index in [0.717, 1.165) is 29.1 Å². The fraction of sp³-hybridized carbons (Fsp3) is 0.235. The lowest BCUT2D eigenvalue weighted by Crippen LogP contribution is -2.12. The highest BCUT2D eigenvalue weighted by Gasteiger charge is 2.06. The molecule has 0 aliphatic rings. The zero-order valence-corrected chi connectivity index (χ0v) is 13.3. The number of hydrogen-bond acceptors (Lipinski definition) is 1. The van der Waals surface area contributed by atoms with Crippen molar-refractivity contribution >= 4 is 34.8 Å². The van der Waals surface area contributed by atoms with E-state index in [2.05, 4.69) is 5.32 Å². The predicted octanol–water partition coefficient (Wildman–Crippen LogP) is 5.26. The number of carbonyl (C=O) groups is 1. The number of carbonyl (C=O) groups excluding carboxylic acids is 1. The van der Waals surface area contributed by atoms with E-state index in [0.29, 0.717) is 11.4 Å². The minimum atomic E-state index is 0.00864. The van der Waals surface area contributed by atoms with Crippen LogP contribution in [0.3, 0.4) is 0 Å². The van der Waals surface area contributed by atoms with Crippen LogP contribution in [0.5, 0.6) is 0 Å². The van der Waals surface area contributed by atoms with E-state index in [1.165, 1.54) is 5.56 Å². The minimum absolute atomic E-state index is 0.00864. The molecule has 21 heavy (non-hydrogen) atoms. The van der Waals surface area contributed by atoms with Crippen molar-refractivity contribution < 1.29 is 4.79 Å². The van der Waals surface area contributed by atoms with Crippen molar-refractivity contribution in [3.63, 3.8) is 0 Å². The van der Waals surface area contributed by atoms with Crippen LogP contribution in [0.15, 0.2) is 42.5 Å². The van der Waals surface area contributed by atoms with Gasteiger partial charge in [-0.05, 0) is 55.2 Å². The molecule has 1 N–H and O–H groups in total. The first kappa shape index (κ1) is 15.9. The van der Waals surface area contributed by atoms with Gasteiger partial charge in [0.25, 0.3) is 0 Å². The summed E-state index contributed by atoms with van der Waals surface area (Å²) in [6.45, 7) is 1.89. The summed E-state index contributed by atoms with van der Waals surface area (Å²) >= 11 is 11.9. The van der Waals surface area contributed by atoms with Gasteiger partial charge in [-0.25, -0.2) is 0 Å². The van der Waals surface area contributed by atoms with Gasteiger partial charge in [-0.3, -0.25) is 4.79 Å². The van der Waals surface area contributed by atoms with E-state index in [1.807, 2.05) is 49.4 Å². The van der Waals surface area contributed by atoms with E-state index < -0.39 is 0 Å². The second-order valence-electron chi connectivity index (χ2n) is 4.94. The van der Waals surface area contributed by atoms with E-state index in [9.17, 15) is 4.79 Å². The molecule has 0 radical (unpaired) electrons. The van der Waals surface area contributed by atoms with Gasteiger partial charge in [0.2, 0.25) is 5.91 Å². The normalized spacial score (nSPS) is 10.4. The Morgan fingerprint density at radius 3 is 2.52 bits per heavy atom. The first-order valence-electron chi connectivity index (χ1n) is 6.85. The van der Waals surface area contributed by atoms with Crippen LogP contribution in [-0.4, -0.2) is 5.91 Å². The predicted molar refractivity (Wildman–Crippen MR) is 89.2 cm³/mol. The van der Waals surface area contributed by atoms with E-state index >= 15 is 0 Å². The fourth-order valence-electron chi connectivity index (χ4n) is 2.06. The highest BCUT2D eigenvalue weighted by atomic mass is 35.5. The van der Waals surface area contributed by atoms with Crippen molar-refractivity contribution in [1.29, 1.82) is 0 Å². The topological polar surface area (TPSA) is 29.1 Å². The third kappa shape index (κ3) is 4.76. The second kappa shape index (κ2) is 7.48. The Morgan fingerprint density at radius 1 is 1.10 bits per heavy atom. The van der Waals surface area contributed by atoms with Gasteiger partial charge in [-0.15, -0.1) is 0 Å². The fourth-order valence-corrected chi connectivity index (χ4v) is 2.36. The first-order chi connectivity index (χ1) is 10.1. The van der Waals surface area contributed by atoms with Crippen LogP contribution in [-0.2, 0) is 11.2 Å². The van der Waals surface area contributed by atoms with E-state index in [4.69, 9.17) is 23.2 Å². The number of amides is 1. The second-order valence-corrected chi connectivity index (χ2v) is 5.78. The Hall–Kier alpha value is -1.51. The van der Waals surface area contributed by atoms with Gasteiger partial charge >= 0.3 is 0 Å². The van der Waals surface area contributed by atoms with Crippen molar-refractivity contribution in [2.24, 2.45) is 0 Å². The lowest BCUT2D eigenvalue weighted by atomic mass is 10.1. The summed E-state index contributed by atoms with van der Waals surface area (Å²) < 4.78 is 0.